The molecular formula is C14H12OS. The van der Waals surface area contributed by atoms with Crippen molar-refractivity contribution in [2.75, 3.05) is 0 Å². The molecule has 0 unspecified atom stereocenters. The Morgan fingerprint density at radius 3 is 2.38 bits per heavy atom. The van der Waals surface area contributed by atoms with Gasteiger partial charge in [-0.1, -0.05) is 42.5 Å². The largest absolute Gasteiger partial charge is 0.425 e. The van der Waals surface area contributed by atoms with Gasteiger partial charge in [0.05, 0.1) is 17.8 Å². The molecule has 0 saturated carbocycles. The Bertz CT molecular complexity index is 462. The Kier molecular flexibility index (Phi) is 2.58. The summed E-state index contributed by atoms with van der Waals surface area (Å²) in [5, 5.41) is 0. The molecule has 0 atom stereocenters. The van der Waals surface area contributed by atoms with E-state index < -0.39 is 0 Å². The SMILES string of the molecule is c1ccc2c(c1)CSOc1ccccc1C2. The van der Waals surface area contributed by atoms with Gasteiger partial charge < -0.3 is 4.18 Å². The van der Waals surface area contributed by atoms with Crippen LogP contribution in [0.2, 0.25) is 0 Å². The predicted octanol–water partition coefficient (Wildman–Crippen LogP) is 3.82. The van der Waals surface area contributed by atoms with Crippen LogP contribution in [0.3, 0.4) is 0 Å². The van der Waals surface area contributed by atoms with Gasteiger partial charge in [-0.2, -0.15) is 0 Å². The van der Waals surface area contributed by atoms with Crippen molar-refractivity contribution in [1.82, 2.24) is 0 Å². The molecule has 1 aliphatic rings. The summed E-state index contributed by atoms with van der Waals surface area (Å²) < 4.78 is 5.70. The quantitative estimate of drug-likeness (QED) is 0.634. The Morgan fingerprint density at radius 1 is 0.812 bits per heavy atom. The molecule has 0 spiro atoms. The number of benzene rings is 2. The fourth-order valence-electron chi connectivity index (χ4n) is 1.96. The van der Waals surface area contributed by atoms with Crippen LogP contribution in [0.1, 0.15) is 16.7 Å². The topological polar surface area (TPSA) is 9.23 Å². The summed E-state index contributed by atoms with van der Waals surface area (Å²) in [6.07, 6.45) is 0.965. The molecule has 0 radical (unpaired) electrons. The van der Waals surface area contributed by atoms with E-state index in [1.807, 2.05) is 12.1 Å². The fourth-order valence-corrected chi connectivity index (χ4v) is 2.72. The van der Waals surface area contributed by atoms with Crippen LogP contribution < -0.4 is 4.18 Å². The number of hydrogen-bond acceptors (Lipinski definition) is 2. The molecule has 2 aromatic rings. The minimum atomic E-state index is 0.921. The molecule has 0 fully saturated rings. The van der Waals surface area contributed by atoms with E-state index in [2.05, 4.69) is 36.4 Å². The van der Waals surface area contributed by atoms with Gasteiger partial charge in [-0.3, -0.25) is 0 Å². The first-order valence-corrected chi connectivity index (χ1v) is 6.29. The molecule has 2 aromatic carbocycles. The van der Waals surface area contributed by atoms with E-state index in [9.17, 15) is 0 Å². The van der Waals surface area contributed by atoms with Crippen LogP contribution in [0.4, 0.5) is 0 Å². The third kappa shape index (κ3) is 1.81. The van der Waals surface area contributed by atoms with E-state index in [0.717, 1.165) is 17.9 Å². The minimum absolute atomic E-state index is 0.921. The average molecular weight is 228 g/mol. The number of para-hydroxylation sites is 1. The van der Waals surface area contributed by atoms with Crippen molar-refractivity contribution in [1.29, 1.82) is 0 Å². The van der Waals surface area contributed by atoms with Gasteiger partial charge in [-0.15, -0.1) is 0 Å². The van der Waals surface area contributed by atoms with Gasteiger partial charge in [0.15, 0.2) is 0 Å². The van der Waals surface area contributed by atoms with Crippen LogP contribution >= 0.6 is 12.0 Å². The molecular weight excluding hydrogens is 216 g/mol. The highest BCUT2D eigenvalue weighted by Crippen LogP contribution is 2.30. The van der Waals surface area contributed by atoms with Crippen molar-refractivity contribution in [2.24, 2.45) is 0 Å². The molecule has 16 heavy (non-hydrogen) atoms. The monoisotopic (exact) mass is 228 g/mol. The smallest absolute Gasteiger partial charge is 0.140 e. The van der Waals surface area contributed by atoms with Crippen LogP contribution in [-0.2, 0) is 12.2 Å². The highest BCUT2D eigenvalue weighted by atomic mass is 32.2. The van der Waals surface area contributed by atoms with E-state index in [1.54, 1.807) is 0 Å². The lowest BCUT2D eigenvalue weighted by Gasteiger charge is -2.16. The molecule has 0 N–H and O–H groups in total. The van der Waals surface area contributed by atoms with Gasteiger partial charge in [0.1, 0.15) is 5.75 Å². The highest BCUT2D eigenvalue weighted by molar-refractivity contribution is 7.94. The van der Waals surface area contributed by atoms with Crippen molar-refractivity contribution in [3.8, 4) is 5.75 Å². The minimum Gasteiger partial charge on any atom is -0.425 e. The van der Waals surface area contributed by atoms with Gasteiger partial charge in [0, 0.05) is 12.0 Å². The molecule has 80 valence electrons. The number of fused-ring (bicyclic) bond motifs is 2. The summed E-state index contributed by atoms with van der Waals surface area (Å²) in [7, 11) is 0. The second-order valence-corrected chi connectivity index (χ2v) is 4.59. The van der Waals surface area contributed by atoms with Gasteiger partial charge >= 0.3 is 0 Å². The average Bonchev–Trinajstić information content (AvgIpc) is 2.29. The van der Waals surface area contributed by atoms with Crippen LogP contribution in [0, 0.1) is 0 Å². The maximum Gasteiger partial charge on any atom is 0.140 e. The van der Waals surface area contributed by atoms with Gasteiger partial charge in [0.2, 0.25) is 0 Å². The van der Waals surface area contributed by atoms with Crippen LogP contribution in [0.15, 0.2) is 48.5 Å². The Hall–Kier alpha value is -1.41. The summed E-state index contributed by atoms with van der Waals surface area (Å²) in [4.78, 5) is 0. The summed E-state index contributed by atoms with van der Waals surface area (Å²) in [5.74, 6) is 1.92. The van der Waals surface area contributed by atoms with Crippen molar-refractivity contribution in [3.05, 3.63) is 65.2 Å². The third-order valence-corrected chi connectivity index (χ3v) is 3.56. The molecule has 0 aromatic heterocycles. The fraction of sp³-hybridized carbons (Fsp3) is 0.143. The maximum atomic E-state index is 5.70. The first-order valence-electron chi connectivity index (χ1n) is 5.37. The van der Waals surface area contributed by atoms with E-state index in [4.69, 9.17) is 4.18 Å². The third-order valence-electron chi connectivity index (χ3n) is 2.84. The first kappa shape index (κ1) is 9.79. The summed E-state index contributed by atoms with van der Waals surface area (Å²) in [6, 6.07) is 16.8. The van der Waals surface area contributed by atoms with Crippen molar-refractivity contribution < 1.29 is 4.18 Å². The standard InChI is InChI=1S/C14H12OS/c1-2-7-13-10-16-15-14-8-4-3-6-12(14)9-11(13)5-1/h1-8H,9-10H2. The molecule has 0 bridgehead atoms. The molecule has 1 heterocycles. The second-order valence-electron chi connectivity index (χ2n) is 3.90. The Balaban J connectivity index is 2.06. The van der Waals surface area contributed by atoms with Crippen molar-refractivity contribution >= 4 is 12.0 Å². The lowest BCUT2D eigenvalue weighted by atomic mass is 10.00. The highest BCUT2D eigenvalue weighted by Gasteiger charge is 2.11. The lowest BCUT2D eigenvalue weighted by Crippen LogP contribution is -2.00. The maximum absolute atomic E-state index is 5.70. The number of hydrogen-bond donors (Lipinski definition) is 0. The summed E-state index contributed by atoms with van der Waals surface area (Å²) in [6.45, 7) is 0. The Labute approximate surface area is 99.7 Å². The van der Waals surface area contributed by atoms with Gasteiger partial charge in [0.25, 0.3) is 0 Å². The first-order chi connectivity index (χ1) is 7.93. The molecule has 1 nitrogen and oxygen atoms in total. The normalized spacial score (nSPS) is 14.0. The Morgan fingerprint density at radius 2 is 1.50 bits per heavy atom. The molecule has 0 saturated heterocycles. The zero-order chi connectivity index (χ0) is 10.8. The molecule has 1 aliphatic heterocycles. The lowest BCUT2D eigenvalue weighted by molar-refractivity contribution is 0.633. The summed E-state index contributed by atoms with van der Waals surface area (Å²) >= 11 is 1.51. The summed E-state index contributed by atoms with van der Waals surface area (Å²) in [5.41, 5.74) is 4.05. The molecule has 0 aliphatic carbocycles. The van der Waals surface area contributed by atoms with E-state index in [-0.39, 0.29) is 0 Å². The van der Waals surface area contributed by atoms with Crippen molar-refractivity contribution in [2.45, 2.75) is 12.2 Å². The molecule has 2 heteroatoms. The van der Waals surface area contributed by atoms with Gasteiger partial charge in [-0.25, -0.2) is 0 Å². The van der Waals surface area contributed by atoms with Crippen LogP contribution in [-0.4, -0.2) is 0 Å². The van der Waals surface area contributed by atoms with Gasteiger partial charge in [-0.05, 0) is 17.2 Å². The molecule has 0 amide bonds. The zero-order valence-electron chi connectivity index (χ0n) is 8.85. The second kappa shape index (κ2) is 4.22. The predicted molar refractivity (Wildman–Crippen MR) is 67.6 cm³/mol. The zero-order valence-corrected chi connectivity index (χ0v) is 9.67. The van der Waals surface area contributed by atoms with Crippen molar-refractivity contribution in [3.63, 3.8) is 0 Å². The van der Waals surface area contributed by atoms with E-state index >= 15 is 0 Å². The van der Waals surface area contributed by atoms with E-state index in [1.165, 1.54) is 28.7 Å². The van der Waals surface area contributed by atoms with Crippen LogP contribution in [0.25, 0.3) is 0 Å². The number of rotatable bonds is 0. The molecule has 3 rings (SSSR count). The van der Waals surface area contributed by atoms with Crippen LogP contribution in [0.5, 0.6) is 5.75 Å². The van der Waals surface area contributed by atoms with E-state index in [0.29, 0.717) is 0 Å².